The number of carbonyl (C=O) groups is 4. The number of carbonyl (C=O) groups excluding carboxylic acids is 4. The molecule has 1 aliphatic heterocycles. The summed E-state index contributed by atoms with van der Waals surface area (Å²) in [4.78, 5) is 52.3. The van der Waals surface area contributed by atoms with Gasteiger partial charge >= 0.3 is 24.1 Å². The lowest BCUT2D eigenvalue weighted by atomic mass is 10.2. The lowest BCUT2D eigenvalue weighted by Gasteiger charge is -2.34. The molecular formula is C21H36N2O8. The highest BCUT2D eigenvalue weighted by Gasteiger charge is 2.45. The topological polar surface area (TPSA) is 112 Å². The van der Waals surface area contributed by atoms with Gasteiger partial charge in [-0.25, -0.2) is 14.4 Å². The van der Waals surface area contributed by atoms with Gasteiger partial charge in [-0.05, 0) is 61.3 Å². The normalized spacial score (nSPS) is 18.9. The average molecular weight is 445 g/mol. The van der Waals surface area contributed by atoms with Crippen LogP contribution in [0.1, 0.15) is 61.3 Å². The maximum Gasteiger partial charge on any atom is 0.411 e. The monoisotopic (exact) mass is 444 g/mol. The standard InChI is InChI=1S/C21H36N2O8/c1-9-29-17(25)15-11-10-14(23(15)19(27)31-21(5,6)7)12-22(18(26)28-8)13-16(24)30-20(2,3)4/h14-15H,9-13H2,1-8H3/t14-,15-/m0/s1. The molecule has 1 fully saturated rings. The molecule has 0 radical (unpaired) electrons. The smallest absolute Gasteiger partial charge is 0.411 e. The van der Waals surface area contributed by atoms with E-state index in [4.69, 9.17) is 18.9 Å². The number of amides is 2. The first kappa shape index (κ1) is 26.5. The highest BCUT2D eigenvalue weighted by Crippen LogP contribution is 2.28. The zero-order chi connectivity index (χ0) is 24.0. The van der Waals surface area contributed by atoms with Crippen molar-refractivity contribution in [3.05, 3.63) is 0 Å². The number of likely N-dealkylation sites (tertiary alicyclic amines) is 1. The van der Waals surface area contributed by atoms with Crippen LogP contribution in [0.3, 0.4) is 0 Å². The van der Waals surface area contributed by atoms with Crippen LogP contribution in [0.2, 0.25) is 0 Å². The van der Waals surface area contributed by atoms with E-state index in [0.29, 0.717) is 12.8 Å². The summed E-state index contributed by atoms with van der Waals surface area (Å²) >= 11 is 0. The SMILES string of the molecule is CCOC(=O)[C@@H]1CC[C@@H](CN(CC(=O)OC(C)(C)C)C(=O)OC)N1C(=O)OC(C)(C)C. The predicted octanol–water partition coefficient (Wildman–Crippen LogP) is 2.73. The summed E-state index contributed by atoms with van der Waals surface area (Å²) in [7, 11) is 1.20. The minimum absolute atomic E-state index is 0.0267. The molecule has 31 heavy (non-hydrogen) atoms. The molecular weight excluding hydrogens is 408 g/mol. The number of hydrogen-bond donors (Lipinski definition) is 0. The predicted molar refractivity (Wildman–Crippen MR) is 111 cm³/mol. The van der Waals surface area contributed by atoms with Gasteiger partial charge in [-0.2, -0.15) is 0 Å². The molecule has 0 unspecified atom stereocenters. The maximum atomic E-state index is 12.9. The minimum Gasteiger partial charge on any atom is -0.464 e. The van der Waals surface area contributed by atoms with Crippen molar-refractivity contribution in [1.82, 2.24) is 9.80 Å². The van der Waals surface area contributed by atoms with Gasteiger partial charge in [0.15, 0.2) is 0 Å². The fourth-order valence-electron chi connectivity index (χ4n) is 3.24. The van der Waals surface area contributed by atoms with Crippen LogP contribution in [0, 0.1) is 0 Å². The summed E-state index contributed by atoms with van der Waals surface area (Å²) in [6, 6.07) is -1.40. The van der Waals surface area contributed by atoms with Crippen molar-refractivity contribution in [3.63, 3.8) is 0 Å². The second-order valence-electron chi connectivity index (χ2n) is 9.32. The fraction of sp³-hybridized carbons (Fsp3) is 0.810. The molecule has 178 valence electrons. The van der Waals surface area contributed by atoms with E-state index in [1.165, 1.54) is 12.0 Å². The fourth-order valence-corrected chi connectivity index (χ4v) is 3.24. The van der Waals surface area contributed by atoms with Crippen LogP contribution in [-0.2, 0) is 28.5 Å². The molecule has 1 aliphatic rings. The first-order valence-corrected chi connectivity index (χ1v) is 10.4. The molecule has 0 aromatic carbocycles. The molecule has 1 rings (SSSR count). The third-order valence-electron chi connectivity index (χ3n) is 4.27. The van der Waals surface area contributed by atoms with Crippen LogP contribution < -0.4 is 0 Å². The molecule has 10 heteroatoms. The molecule has 0 spiro atoms. The van der Waals surface area contributed by atoms with E-state index in [0.717, 1.165) is 4.90 Å². The largest absolute Gasteiger partial charge is 0.464 e. The van der Waals surface area contributed by atoms with Crippen molar-refractivity contribution < 1.29 is 38.1 Å². The Kier molecular flexibility index (Phi) is 9.13. The van der Waals surface area contributed by atoms with Crippen molar-refractivity contribution in [2.75, 3.05) is 26.8 Å². The molecule has 2 atom stereocenters. The van der Waals surface area contributed by atoms with Gasteiger partial charge < -0.3 is 18.9 Å². The van der Waals surface area contributed by atoms with Gasteiger partial charge in [0.25, 0.3) is 0 Å². The van der Waals surface area contributed by atoms with Crippen molar-refractivity contribution in [2.24, 2.45) is 0 Å². The van der Waals surface area contributed by atoms with Crippen LogP contribution >= 0.6 is 0 Å². The third kappa shape index (κ3) is 8.63. The highest BCUT2D eigenvalue weighted by atomic mass is 16.6. The summed E-state index contributed by atoms with van der Waals surface area (Å²) in [6.07, 6.45) is -0.654. The van der Waals surface area contributed by atoms with Crippen LogP contribution in [0.4, 0.5) is 9.59 Å². The highest BCUT2D eigenvalue weighted by molar-refractivity contribution is 5.83. The first-order chi connectivity index (χ1) is 14.2. The van der Waals surface area contributed by atoms with Crippen molar-refractivity contribution in [3.8, 4) is 0 Å². The Balaban J connectivity index is 3.08. The van der Waals surface area contributed by atoms with E-state index in [1.54, 1.807) is 48.5 Å². The van der Waals surface area contributed by atoms with Crippen molar-refractivity contribution in [2.45, 2.75) is 84.6 Å². The van der Waals surface area contributed by atoms with Crippen LogP contribution in [0.25, 0.3) is 0 Å². The molecule has 0 saturated carbocycles. The summed E-state index contributed by atoms with van der Waals surface area (Å²) < 4.78 is 20.7. The number of methoxy groups -OCH3 is 1. The quantitative estimate of drug-likeness (QED) is 0.454. The van der Waals surface area contributed by atoms with E-state index < -0.39 is 47.4 Å². The Morgan fingerprint density at radius 2 is 1.55 bits per heavy atom. The number of esters is 2. The van der Waals surface area contributed by atoms with Gasteiger partial charge in [-0.15, -0.1) is 0 Å². The lowest BCUT2D eigenvalue weighted by Crippen LogP contribution is -2.52. The molecule has 1 heterocycles. The molecule has 10 nitrogen and oxygen atoms in total. The Bertz CT molecular complexity index is 665. The van der Waals surface area contributed by atoms with Crippen molar-refractivity contribution >= 4 is 24.1 Å². The van der Waals surface area contributed by atoms with E-state index in [1.807, 2.05) is 0 Å². The molecule has 0 aliphatic carbocycles. The van der Waals surface area contributed by atoms with Gasteiger partial charge in [0.05, 0.1) is 19.8 Å². The molecule has 0 bridgehead atoms. The number of hydrogen-bond acceptors (Lipinski definition) is 8. The zero-order valence-electron chi connectivity index (χ0n) is 19.9. The first-order valence-electron chi connectivity index (χ1n) is 10.4. The zero-order valence-corrected chi connectivity index (χ0v) is 19.9. The summed E-state index contributed by atoms with van der Waals surface area (Å²) in [5, 5.41) is 0. The van der Waals surface area contributed by atoms with Gasteiger partial charge in [0, 0.05) is 6.54 Å². The van der Waals surface area contributed by atoms with Gasteiger partial charge in [-0.1, -0.05) is 0 Å². The van der Waals surface area contributed by atoms with Gasteiger partial charge in [-0.3, -0.25) is 14.6 Å². The Labute approximate surface area is 184 Å². The Hall–Kier alpha value is -2.52. The number of ether oxygens (including phenoxy) is 4. The van der Waals surface area contributed by atoms with E-state index >= 15 is 0 Å². The molecule has 1 saturated heterocycles. The van der Waals surface area contributed by atoms with Gasteiger partial charge in [0.2, 0.25) is 0 Å². The van der Waals surface area contributed by atoms with Crippen LogP contribution in [0.15, 0.2) is 0 Å². The van der Waals surface area contributed by atoms with Crippen LogP contribution in [0.5, 0.6) is 0 Å². The molecule has 0 aromatic heterocycles. The summed E-state index contributed by atoms with van der Waals surface area (Å²) in [5.74, 6) is -1.14. The van der Waals surface area contributed by atoms with Crippen molar-refractivity contribution in [1.29, 1.82) is 0 Å². The second kappa shape index (κ2) is 10.7. The Morgan fingerprint density at radius 3 is 2.03 bits per heavy atom. The van der Waals surface area contributed by atoms with Crippen LogP contribution in [-0.4, -0.2) is 84.0 Å². The molecule has 0 N–H and O–H groups in total. The average Bonchev–Trinajstić information content (AvgIpc) is 3.01. The number of rotatable bonds is 6. The Morgan fingerprint density at radius 1 is 0.968 bits per heavy atom. The molecule has 0 aromatic rings. The van der Waals surface area contributed by atoms with E-state index in [2.05, 4.69) is 0 Å². The number of nitrogens with zero attached hydrogens (tertiary/aromatic N) is 2. The second-order valence-corrected chi connectivity index (χ2v) is 9.32. The van der Waals surface area contributed by atoms with E-state index in [9.17, 15) is 19.2 Å². The maximum absolute atomic E-state index is 12.9. The molecule has 2 amide bonds. The summed E-state index contributed by atoms with van der Waals surface area (Å²) in [5.41, 5.74) is -1.49. The van der Waals surface area contributed by atoms with Gasteiger partial charge in [0.1, 0.15) is 23.8 Å². The minimum atomic E-state index is -0.833. The lowest BCUT2D eigenvalue weighted by molar-refractivity contribution is -0.156. The van der Waals surface area contributed by atoms with E-state index in [-0.39, 0.29) is 19.7 Å². The summed E-state index contributed by atoms with van der Waals surface area (Å²) in [6.45, 7) is 11.8. The third-order valence-corrected chi connectivity index (χ3v) is 4.27.